The number of aromatic nitrogens is 2. The molecule has 1 atom stereocenters. The van der Waals surface area contributed by atoms with Gasteiger partial charge in [-0.1, -0.05) is 18.2 Å². The zero-order valence-corrected chi connectivity index (χ0v) is 12.7. The Labute approximate surface area is 134 Å². The van der Waals surface area contributed by atoms with E-state index in [0.717, 1.165) is 21.0 Å². The first-order chi connectivity index (χ1) is 10.9. The lowest BCUT2D eigenvalue weighted by molar-refractivity contribution is -0.141. The number of aliphatic hydroxyl groups is 1. The van der Waals surface area contributed by atoms with Gasteiger partial charge in [-0.3, -0.25) is 5.10 Å². The maximum Gasteiger partial charge on any atom is 0.435 e. The molecule has 3 aromatic rings. The first-order valence-electron chi connectivity index (χ1n) is 6.92. The number of rotatable bonds is 5. The van der Waals surface area contributed by atoms with Gasteiger partial charge in [0.05, 0.1) is 0 Å². The van der Waals surface area contributed by atoms with Gasteiger partial charge in [-0.15, -0.1) is 11.3 Å². The quantitative estimate of drug-likeness (QED) is 0.666. The van der Waals surface area contributed by atoms with Crippen molar-refractivity contribution in [3.05, 3.63) is 52.7 Å². The number of nitrogens with one attached hydrogen (secondary N) is 2. The summed E-state index contributed by atoms with van der Waals surface area (Å²) in [5, 5.41) is 19.7. The van der Waals surface area contributed by atoms with Crippen molar-refractivity contribution in [1.29, 1.82) is 0 Å². The molecular weight excluding hydrogens is 327 g/mol. The molecule has 0 aliphatic heterocycles. The van der Waals surface area contributed by atoms with Crippen molar-refractivity contribution in [1.82, 2.24) is 15.5 Å². The number of alkyl halides is 3. The molecule has 0 amide bonds. The molecule has 2 heterocycles. The minimum absolute atomic E-state index is 0.172. The monoisotopic (exact) mass is 341 g/mol. The fourth-order valence-corrected chi connectivity index (χ4v) is 3.26. The summed E-state index contributed by atoms with van der Waals surface area (Å²) in [4.78, 5) is 0.819. The Morgan fingerprint density at radius 2 is 2.04 bits per heavy atom. The maximum absolute atomic E-state index is 12.4. The van der Waals surface area contributed by atoms with Crippen molar-refractivity contribution in [3.63, 3.8) is 0 Å². The Bertz CT molecular complexity index is 763. The number of halogens is 3. The van der Waals surface area contributed by atoms with E-state index < -0.39 is 18.0 Å². The van der Waals surface area contributed by atoms with Gasteiger partial charge < -0.3 is 10.4 Å². The van der Waals surface area contributed by atoms with Crippen molar-refractivity contribution in [2.75, 3.05) is 6.54 Å². The maximum atomic E-state index is 12.4. The molecule has 0 aliphatic carbocycles. The first-order valence-corrected chi connectivity index (χ1v) is 7.74. The molecule has 0 saturated heterocycles. The summed E-state index contributed by atoms with van der Waals surface area (Å²) in [5.41, 5.74) is -0.625. The molecule has 0 aliphatic rings. The van der Waals surface area contributed by atoms with E-state index in [2.05, 4.69) is 15.5 Å². The Balaban J connectivity index is 1.56. The van der Waals surface area contributed by atoms with Crippen molar-refractivity contribution < 1.29 is 18.3 Å². The number of aliphatic hydroxyl groups excluding tert-OH is 1. The summed E-state index contributed by atoms with van der Waals surface area (Å²) in [6, 6.07) is 10.7. The lowest BCUT2D eigenvalue weighted by atomic mass is 10.2. The Kier molecular flexibility index (Phi) is 4.38. The van der Waals surface area contributed by atoms with E-state index >= 15 is 0 Å². The molecule has 0 fully saturated rings. The predicted octanol–water partition coefficient (Wildman–Crippen LogP) is 3.47. The molecule has 1 unspecified atom stereocenters. The van der Waals surface area contributed by atoms with E-state index in [-0.39, 0.29) is 13.1 Å². The van der Waals surface area contributed by atoms with E-state index in [0.29, 0.717) is 5.69 Å². The van der Waals surface area contributed by atoms with Crippen LogP contribution in [0.15, 0.2) is 36.4 Å². The average Bonchev–Trinajstić information content (AvgIpc) is 3.13. The van der Waals surface area contributed by atoms with Gasteiger partial charge in [-0.25, -0.2) is 0 Å². The number of fused-ring (bicyclic) bond motifs is 1. The van der Waals surface area contributed by atoms with Crippen LogP contribution >= 0.6 is 11.3 Å². The van der Waals surface area contributed by atoms with Gasteiger partial charge in [0, 0.05) is 28.4 Å². The van der Waals surface area contributed by atoms with Crippen LogP contribution in [0.1, 0.15) is 22.4 Å². The van der Waals surface area contributed by atoms with Crippen LogP contribution in [0.25, 0.3) is 10.1 Å². The Morgan fingerprint density at radius 3 is 2.74 bits per heavy atom. The third-order valence-corrected chi connectivity index (χ3v) is 4.56. The van der Waals surface area contributed by atoms with Crippen LogP contribution in [0.3, 0.4) is 0 Å². The highest BCUT2D eigenvalue weighted by Gasteiger charge is 2.33. The minimum atomic E-state index is -4.45. The molecule has 3 rings (SSSR count). The molecule has 3 N–H and O–H groups in total. The van der Waals surface area contributed by atoms with Gasteiger partial charge in [-0.05, 0) is 23.6 Å². The average molecular weight is 341 g/mol. The van der Waals surface area contributed by atoms with Gasteiger partial charge in [-0.2, -0.15) is 18.3 Å². The summed E-state index contributed by atoms with van der Waals surface area (Å²) in [6.45, 7) is 0.415. The number of thiophene rings is 1. The summed E-state index contributed by atoms with van der Waals surface area (Å²) in [5.74, 6) is 0. The number of benzene rings is 1. The van der Waals surface area contributed by atoms with Crippen LogP contribution in [0.4, 0.5) is 13.2 Å². The van der Waals surface area contributed by atoms with Crippen molar-refractivity contribution in [3.8, 4) is 0 Å². The normalized spacial score (nSPS) is 13.6. The van der Waals surface area contributed by atoms with E-state index in [1.165, 1.54) is 11.3 Å². The Hall–Kier alpha value is -1.90. The fourth-order valence-electron chi connectivity index (χ4n) is 2.21. The van der Waals surface area contributed by atoms with E-state index in [4.69, 9.17) is 0 Å². The summed E-state index contributed by atoms with van der Waals surface area (Å²) >= 11 is 1.50. The van der Waals surface area contributed by atoms with Gasteiger partial charge in [0.25, 0.3) is 0 Å². The SMILES string of the molecule is OC(CNCc1cc(C(F)(F)F)n[nH]1)c1cc2ccccc2s1. The second kappa shape index (κ2) is 6.31. The summed E-state index contributed by atoms with van der Waals surface area (Å²) in [6.07, 6.45) is -5.16. The topological polar surface area (TPSA) is 60.9 Å². The van der Waals surface area contributed by atoms with Crippen LogP contribution in [0.2, 0.25) is 0 Å². The summed E-state index contributed by atoms with van der Waals surface area (Å²) < 4.78 is 38.4. The molecule has 0 spiro atoms. The molecule has 23 heavy (non-hydrogen) atoms. The van der Waals surface area contributed by atoms with Gasteiger partial charge in [0.1, 0.15) is 6.10 Å². The molecular formula is C15H14F3N3OS. The lowest BCUT2D eigenvalue weighted by Crippen LogP contribution is -2.20. The molecule has 1 aromatic carbocycles. The third-order valence-electron chi connectivity index (χ3n) is 3.35. The number of aromatic amines is 1. The smallest absolute Gasteiger partial charge is 0.386 e. The zero-order valence-electron chi connectivity index (χ0n) is 11.9. The molecule has 122 valence electrons. The molecule has 0 bridgehead atoms. The summed E-state index contributed by atoms with van der Waals surface area (Å²) in [7, 11) is 0. The number of hydrogen-bond acceptors (Lipinski definition) is 4. The van der Waals surface area contributed by atoms with Crippen LogP contribution in [0.5, 0.6) is 0 Å². The number of nitrogens with zero attached hydrogens (tertiary/aromatic N) is 1. The Morgan fingerprint density at radius 1 is 1.26 bits per heavy atom. The van der Waals surface area contributed by atoms with Gasteiger partial charge >= 0.3 is 6.18 Å². The molecule has 4 nitrogen and oxygen atoms in total. The van der Waals surface area contributed by atoms with Crippen LogP contribution in [0, 0.1) is 0 Å². The second-order valence-electron chi connectivity index (χ2n) is 5.11. The number of hydrogen-bond donors (Lipinski definition) is 3. The van der Waals surface area contributed by atoms with Crippen LogP contribution in [-0.2, 0) is 12.7 Å². The standard InChI is InChI=1S/C15H14F3N3OS/c16-15(17,18)14-6-10(20-21-14)7-19-8-11(22)13-5-9-3-1-2-4-12(9)23-13/h1-6,11,19,22H,7-8H2,(H,20,21). The molecule has 0 saturated carbocycles. The number of H-pyrrole nitrogens is 1. The second-order valence-corrected chi connectivity index (χ2v) is 6.22. The van der Waals surface area contributed by atoms with Crippen LogP contribution in [-0.4, -0.2) is 21.8 Å². The largest absolute Gasteiger partial charge is 0.435 e. The highest BCUT2D eigenvalue weighted by atomic mass is 32.1. The van der Waals surface area contributed by atoms with E-state index in [9.17, 15) is 18.3 Å². The minimum Gasteiger partial charge on any atom is -0.386 e. The van der Waals surface area contributed by atoms with E-state index in [1.54, 1.807) is 0 Å². The third kappa shape index (κ3) is 3.72. The van der Waals surface area contributed by atoms with Crippen molar-refractivity contribution in [2.24, 2.45) is 0 Å². The van der Waals surface area contributed by atoms with Crippen LogP contribution < -0.4 is 5.32 Å². The fraction of sp³-hybridized carbons (Fsp3) is 0.267. The lowest BCUT2D eigenvalue weighted by Gasteiger charge is -2.09. The van der Waals surface area contributed by atoms with Gasteiger partial charge in [0.15, 0.2) is 5.69 Å². The molecule has 8 heteroatoms. The molecule has 0 radical (unpaired) electrons. The van der Waals surface area contributed by atoms with E-state index in [1.807, 2.05) is 30.3 Å². The van der Waals surface area contributed by atoms with Gasteiger partial charge in [0.2, 0.25) is 0 Å². The highest BCUT2D eigenvalue weighted by Crippen LogP contribution is 2.30. The van der Waals surface area contributed by atoms with Crippen molar-refractivity contribution in [2.45, 2.75) is 18.8 Å². The predicted molar refractivity (Wildman–Crippen MR) is 82.1 cm³/mol. The highest BCUT2D eigenvalue weighted by molar-refractivity contribution is 7.19. The zero-order chi connectivity index (χ0) is 16.4. The molecule has 2 aromatic heterocycles. The van der Waals surface area contributed by atoms with Crippen molar-refractivity contribution >= 4 is 21.4 Å². The first kappa shape index (κ1) is 16.0.